The SMILES string of the molecule is CCCNc1ccnc(C(=O)N2CCCC(C)(O)C2)c1. The van der Waals surface area contributed by atoms with Gasteiger partial charge in [0.25, 0.3) is 5.91 Å². The number of rotatable bonds is 4. The number of carbonyl (C=O) groups excluding carboxylic acids is 1. The molecule has 0 spiro atoms. The first-order valence-electron chi connectivity index (χ1n) is 7.23. The molecule has 1 atom stereocenters. The predicted molar refractivity (Wildman–Crippen MR) is 78.8 cm³/mol. The molecular weight excluding hydrogens is 254 g/mol. The summed E-state index contributed by atoms with van der Waals surface area (Å²) in [5, 5.41) is 13.3. The van der Waals surface area contributed by atoms with Crippen LogP contribution in [0.4, 0.5) is 5.69 Å². The third kappa shape index (κ3) is 3.70. The Bertz CT molecular complexity index is 474. The minimum Gasteiger partial charge on any atom is -0.388 e. The van der Waals surface area contributed by atoms with E-state index in [-0.39, 0.29) is 5.91 Å². The highest BCUT2D eigenvalue weighted by molar-refractivity contribution is 5.93. The van der Waals surface area contributed by atoms with Crippen molar-refractivity contribution in [2.24, 2.45) is 0 Å². The Labute approximate surface area is 120 Å². The van der Waals surface area contributed by atoms with E-state index in [1.807, 2.05) is 6.07 Å². The van der Waals surface area contributed by atoms with Crippen LogP contribution in [-0.2, 0) is 0 Å². The largest absolute Gasteiger partial charge is 0.388 e. The van der Waals surface area contributed by atoms with Gasteiger partial charge in [0, 0.05) is 31.5 Å². The third-order valence-electron chi connectivity index (χ3n) is 3.52. The maximum atomic E-state index is 12.4. The molecule has 2 heterocycles. The smallest absolute Gasteiger partial charge is 0.272 e. The fourth-order valence-electron chi connectivity index (χ4n) is 2.48. The Hall–Kier alpha value is -1.62. The van der Waals surface area contributed by atoms with Crippen molar-refractivity contribution in [1.29, 1.82) is 0 Å². The lowest BCUT2D eigenvalue weighted by atomic mass is 9.95. The van der Waals surface area contributed by atoms with Crippen molar-refractivity contribution in [2.75, 3.05) is 25.0 Å². The van der Waals surface area contributed by atoms with Gasteiger partial charge < -0.3 is 15.3 Å². The summed E-state index contributed by atoms with van der Waals surface area (Å²) in [5.74, 6) is -0.106. The highest BCUT2D eigenvalue weighted by atomic mass is 16.3. The van der Waals surface area contributed by atoms with Crippen molar-refractivity contribution in [3.8, 4) is 0 Å². The number of likely N-dealkylation sites (tertiary alicyclic amines) is 1. The Morgan fingerprint density at radius 2 is 2.40 bits per heavy atom. The number of hydrogen-bond donors (Lipinski definition) is 2. The highest BCUT2D eigenvalue weighted by Crippen LogP contribution is 2.22. The molecule has 5 nitrogen and oxygen atoms in total. The lowest BCUT2D eigenvalue weighted by Crippen LogP contribution is -2.48. The normalized spacial score (nSPS) is 22.6. The van der Waals surface area contributed by atoms with Gasteiger partial charge >= 0.3 is 0 Å². The number of β-amino-alcohol motifs (C(OH)–C–C–N with tert-alkyl or cyclic N) is 1. The van der Waals surface area contributed by atoms with Crippen molar-refractivity contribution in [2.45, 2.75) is 38.7 Å². The maximum Gasteiger partial charge on any atom is 0.272 e. The lowest BCUT2D eigenvalue weighted by Gasteiger charge is -2.36. The Balaban J connectivity index is 2.08. The number of amides is 1. The predicted octanol–water partition coefficient (Wildman–Crippen LogP) is 1.89. The van der Waals surface area contributed by atoms with E-state index >= 15 is 0 Å². The van der Waals surface area contributed by atoms with Crippen molar-refractivity contribution in [3.05, 3.63) is 24.0 Å². The molecule has 0 aromatic carbocycles. The molecule has 1 aromatic heterocycles. The van der Waals surface area contributed by atoms with Gasteiger partial charge in [0.2, 0.25) is 0 Å². The average molecular weight is 277 g/mol. The van der Waals surface area contributed by atoms with Gasteiger partial charge in [-0.05, 0) is 38.3 Å². The van der Waals surface area contributed by atoms with Crippen LogP contribution in [-0.4, -0.2) is 46.1 Å². The first kappa shape index (κ1) is 14.8. The molecule has 0 aliphatic carbocycles. The van der Waals surface area contributed by atoms with Crippen LogP contribution in [0.5, 0.6) is 0 Å². The van der Waals surface area contributed by atoms with Gasteiger partial charge in [-0.15, -0.1) is 0 Å². The molecule has 2 N–H and O–H groups in total. The minimum atomic E-state index is -0.786. The number of aliphatic hydroxyl groups is 1. The van der Waals surface area contributed by atoms with Gasteiger partial charge in [-0.1, -0.05) is 6.92 Å². The van der Waals surface area contributed by atoms with Gasteiger partial charge in [-0.2, -0.15) is 0 Å². The van der Waals surface area contributed by atoms with E-state index in [0.29, 0.717) is 18.8 Å². The average Bonchev–Trinajstić information content (AvgIpc) is 2.43. The summed E-state index contributed by atoms with van der Waals surface area (Å²) in [6.45, 7) is 5.80. The standard InChI is InChI=1S/C15H23N3O2/c1-3-7-16-12-5-8-17-13(10-12)14(19)18-9-4-6-15(2,20)11-18/h5,8,10,20H,3-4,6-7,9,11H2,1-2H3,(H,16,17). The molecular formula is C15H23N3O2. The fraction of sp³-hybridized carbons (Fsp3) is 0.600. The number of carbonyl (C=O) groups is 1. The molecule has 1 aromatic rings. The summed E-state index contributed by atoms with van der Waals surface area (Å²) in [6.07, 6.45) is 4.24. The van der Waals surface area contributed by atoms with E-state index in [4.69, 9.17) is 0 Å². The Morgan fingerprint density at radius 3 is 3.10 bits per heavy atom. The van der Waals surface area contributed by atoms with Crippen molar-refractivity contribution < 1.29 is 9.90 Å². The van der Waals surface area contributed by atoms with Crippen LogP contribution in [0.2, 0.25) is 0 Å². The summed E-state index contributed by atoms with van der Waals surface area (Å²) in [5.41, 5.74) is 0.559. The molecule has 1 saturated heterocycles. The second-order valence-electron chi connectivity index (χ2n) is 5.68. The number of aromatic nitrogens is 1. The van der Waals surface area contributed by atoms with Gasteiger partial charge in [0.05, 0.1) is 5.60 Å². The molecule has 0 radical (unpaired) electrons. The molecule has 1 unspecified atom stereocenters. The van der Waals surface area contributed by atoms with E-state index < -0.39 is 5.60 Å². The van der Waals surface area contributed by atoms with E-state index in [0.717, 1.165) is 31.5 Å². The zero-order valence-corrected chi connectivity index (χ0v) is 12.2. The molecule has 5 heteroatoms. The monoisotopic (exact) mass is 277 g/mol. The summed E-state index contributed by atoms with van der Waals surface area (Å²) in [4.78, 5) is 18.3. The number of piperidine rings is 1. The number of anilines is 1. The lowest BCUT2D eigenvalue weighted by molar-refractivity contribution is -0.0109. The number of nitrogens with one attached hydrogen (secondary N) is 1. The molecule has 0 saturated carbocycles. The van der Waals surface area contributed by atoms with Crippen molar-refractivity contribution >= 4 is 11.6 Å². The number of hydrogen-bond acceptors (Lipinski definition) is 4. The topological polar surface area (TPSA) is 65.5 Å². The highest BCUT2D eigenvalue weighted by Gasteiger charge is 2.31. The van der Waals surface area contributed by atoms with Crippen LogP contribution in [0, 0.1) is 0 Å². The Morgan fingerprint density at radius 1 is 1.60 bits per heavy atom. The first-order valence-corrected chi connectivity index (χ1v) is 7.23. The van der Waals surface area contributed by atoms with Gasteiger partial charge in [0.1, 0.15) is 5.69 Å². The number of pyridine rings is 1. The van der Waals surface area contributed by atoms with Crippen molar-refractivity contribution in [3.63, 3.8) is 0 Å². The zero-order chi connectivity index (χ0) is 14.6. The molecule has 1 fully saturated rings. The molecule has 0 bridgehead atoms. The summed E-state index contributed by atoms with van der Waals surface area (Å²) >= 11 is 0. The van der Waals surface area contributed by atoms with Gasteiger partial charge in [-0.3, -0.25) is 9.78 Å². The quantitative estimate of drug-likeness (QED) is 0.882. The Kier molecular flexibility index (Phi) is 4.60. The van der Waals surface area contributed by atoms with E-state index in [9.17, 15) is 9.90 Å². The molecule has 20 heavy (non-hydrogen) atoms. The third-order valence-corrected chi connectivity index (χ3v) is 3.52. The van der Waals surface area contributed by atoms with Crippen LogP contribution in [0.1, 0.15) is 43.6 Å². The van der Waals surface area contributed by atoms with E-state index in [1.54, 1.807) is 24.1 Å². The fourth-order valence-corrected chi connectivity index (χ4v) is 2.48. The van der Waals surface area contributed by atoms with Crippen LogP contribution in [0.25, 0.3) is 0 Å². The number of nitrogens with zero attached hydrogens (tertiary/aromatic N) is 2. The zero-order valence-electron chi connectivity index (χ0n) is 12.2. The molecule has 110 valence electrons. The summed E-state index contributed by atoms with van der Waals surface area (Å²) in [7, 11) is 0. The van der Waals surface area contributed by atoms with E-state index in [1.165, 1.54) is 0 Å². The molecule has 2 rings (SSSR count). The molecule has 1 amide bonds. The van der Waals surface area contributed by atoms with Crippen LogP contribution < -0.4 is 5.32 Å². The van der Waals surface area contributed by atoms with E-state index in [2.05, 4.69) is 17.2 Å². The van der Waals surface area contributed by atoms with Crippen LogP contribution >= 0.6 is 0 Å². The summed E-state index contributed by atoms with van der Waals surface area (Å²) < 4.78 is 0. The maximum absolute atomic E-state index is 12.4. The van der Waals surface area contributed by atoms with Crippen LogP contribution in [0.15, 0.2) is 18.3 Å². The van der Waals surface area contributed by atoms with Crippen LogP contribution in [0.3, 0.4) is 0 Å². The van der Waals surface area contributed by atoms with Gasteiger partial charge in [0.15, 0.2) is 0 Å². The molecule has 1 aliphatic heterocycles. The van der Waals surface area contributed by atoms with Crippen molar-refractivity contribution in [1.82, 2.24) is 9.88 Å². The summed E-state index contributed by atoms with van der Waals surface area (Å²) in [6, 6.07) is 3.64. The second-order valence-corrected chi connectivity index (χ2v) is 5.68. The second kappa shape index (κ2) is 6.22. The van der Waals surface area contributed by atoms with Gasteiger partial charge in [-0.25, -0.2) is 0 Å². The minimum absolute atomic E-state index is 0.106. The first-order chi connectivity index (χ1) is 9.52. The molecule has 1 aliphatic rings.